The Morgan fingerprint density at radius 1 is 1.31 bits per heavy atom. The summed E-state index contributed by atoms with van der Waals surface area (Å²) in [7, 11) is -2.82. The van der Waals surface area contributed by atoms with Crippen LogP contribution >= 0.6 is 0 Å². The van der Waals surface area contributed by atoms with Crippen LogP contribution < -0.4 is 15.8 Å². The van der Waals surface area contributed by atoms with E-state index in [4.69, 9.17) is 10.5 Å². The van der Waals surface area contributed by atoms with Gasteiger partial charge in [-0.05, 0) is 50.1 Å². The molecule has 9 nitrogen and oxygen atoms in total. The van der Waals surface area contributed by atoms with Crippen molar-refractivity contribution in [3.63, 3.8) is 0 Å². The van der Waals surface area contributed by atoms with Crippen molar-refractivity contribution in [1.82, 2.24) is 9.62 Å². The van der Waals surface area contributed by atoms with Gasteiger partial charge in [0, 0.05) is 12.3 Å². The third kappa shape index (κ3) is 5.54. The second-order valence-corrected chi connectivity index (χ2v) is 8.83. The zero-order chi connectivity index (χ0) is 21.6. The van der Waals surface area contributed by atoms with E-state index in [-0.39, 0.29) is 36.5 Å². The number of hydrogen-bond donors (Lipinski definition) is 2. The fourth-order valence-corrected chi connectivity index (χ4v) is 4.71. The zero-order valence-corrected chi connectivity index (χ0v) is 17.4. The van der Waals surface area contributed by atoms with Crippen LogP contribution in [0.1, 0.15) is 32.6 Å². The lowest BCUT2D eigenvalue weighted by molar-refractivity contribution is -0.134. The Bertz CT molecular complexity index is 853. The van der Waals surface area contributed by atoms with Crippen LogP contribution in [-0.2, 0) is 24.4 Å². The molecule has 1 aliphatic heterocycles. The number of nitrogens with zero attached hydrogens (tertiary/aromatic N) is 1. The lowest BCUT2D eigenvalue weighted by Crippen LogP contribution is -2.49. The Labute approximate surface area is 170 Å². The van der Waals surface area contributed by atoms with Crippen molar-refractivity contribution < 1.29 is 27.5 Å². The molecule has 2 rings (SSSR count). The van der Waals surface area contributed by atoms with Crippen molar-refractivity contribution >= 4 is 27.6 Å². The normalized spacial score (nSPS) is 18.6. The summed E-state index contributed by atoms with van der Waals surface area (Å²) in [4.78, 5) is 36.7. The first kappa shape index (κ1) is 22.8. The van der Waals surface area contributed by atoms with Gasteiger partial charge >= 0.3 is 0 Å². The standard InChI is InChI=1S/C19H27N3O6S/c1-13(19(20)25)5-10-18(24)22(16-4-3-11-21-12-17(16)23)29(26,27)15-8-6-14(28-2)7-9-15/h6-9,13,16,21H,3-5,10-12H2,1-2H3,(H2,20,25)/t13?,16-/m0/s1. The van der Waals surface area contributed by atoms with E-state index in [0.717, 1.165) is 0 Å². The Kier molecular flexibility index (Phi) is 7.74. The van der Waals surface area contributed by atoms with Crippen molar-refractivity contribution in [3.8, 4) is 5.75 Å². The molecule has 0 saturated carbocycles. The van der Waals surface area contributed by atoms with E-state index in [9.17, 15) is 22.8 Å². The number of nitrogens with one attached hydrogen (secondary N) is 1. The van der Waals surface area contributed by atoms with Crippen LogP contribution in [-0.4, -0.2) is 56.6 Å². The van der Waals surface area contributed by atoms with Gasteiger partial charge in [-0.1, -0.05) is 6.92 Å². The van der Waals surface area contributed by atoms with Gasteiger partial charge in [0.1, 0.15) is 11.8 Å². The van der Waals surface area contributed by atoms with Crippen LogP contribution in [0.25, 0.3) is 0 Å². The van der Waals surface area contributed by atoms with Gasteiger partial charge in [-0.2, -0.15) is 0 Å². The smallest absolute Gasteiger partial charge is 0.267 e. The molecule has 0 bridgehead atoms. The van der Waals surface area contributed by atoms with Crippen LogP contribution in [0.4, 0.5) is 0 Å². The summed E-state index contributed by atoms with van der Waals surface area (Å²) in [6, 6.07) is 4.52. The minimum atomic E-state index is -4.28. The Morgan fingerprint density at radius 3 is 2.55 bits per heavy atom. The Morgan fingerprint density at radius 2 is 1.97 bits per heavy atom. The molecule has 0 aliphatic carbocycles. The lowest BCUT2D eigenvalue weighted by Gasteiger charge is -2.29. The van der Waals surface area contributed by atoms with E-state index in [0.29, 0.717) is 23.0 Å². The van der Waals surface area contributed by atoms with Gasteiger partial charge in [-0.15, -0.1) is 0 Å². The summed E-state index contributed by atoms with van der Waals surface area (Å²) in [6.07, 6.45) is 0.674. The molecule has 1 fully saturated rings. The fraction of sp³-hybridized carbons (Fsp3) is 0.526. The highest BCUT2D eigenvalue weighted by molar-refractivity contribution is 7.89. The monoisotopic (exact) mass is 425 g/mol. The minimum Gasteiger partial charge on any atom is -0.497 e. The number of benzene rings is 1. The van der Waals surface area contributed by atoms with E-state index in [1.807, 2.05) is 0 Å². The topological polar surface area (TPSA) is 136 Å². The molecule has 3 N–H and O–H groups in total. The predicted octanol–water partition coefficient (Wildman–Crippen LogP) is 0.435. The van der Waals surface area contributed by atoms with Crippen LogP contribution in [0.15, 0.2) is 29.2 Å². The maximum atomic E-state index is 13.3. The van der Waals surface area contributed by atoms with Crippen LogP contribution in [0.2, 0.25) is 0 Å². The molecule has 2 atom stereocenters. The number of ketones is 1. The number of sulfonamides is 1. The van der Waals surface area contributed by atoms with Gasteiger partial charge in [0.2, 0.25) is 11.8 Å². The molecule has 1 heterocycles. The molecule has 1 saturated heterocycles. The van der Waals surface area contributed by atoms with Crippen molar-refractivity contribution in [2.24, 2.45) is 11.7 Å². The molecule has 1 aromatic carbocycles. The van der Waals surface area contributed by atoms with Crippen molar-refractivity contribution in [2.75, 3.05) is 20.2 Å². The number of methoxy groups -OCH3 is 1. The van der Waals surface area contributed by atoms with E-state index >= 15 is 0 Å². The largest absolute Gasteiger partial charge is 0.497 e. The number of hydrogen-bond acceptors (Lipinski definition) is 7. The summed E-state index contributed by atoms with van der Waals surface area (Å²) in [5.74, 6) is -1.79. The molecule has 0 aromatic heterocycles. The van der Waals surface area contributed by atoms with Gasteiger partial charge in [0.05, 0.1) is 18.6 Å². The number of Topliss-reactive ketones (excluding diaryl/α,β-unsaturated/α-hetero) is 1. The quantitative estimate of drug-likeness (QED) is 0.616. The maximum absolute atomic E-state index is 13.3. The summed E-state index contributed by atoms with van der Waals surface area (Å²) in [5, 5.41) is 2.93. The number of carbonyl (C=O) groups excluding carboxylic acids is 3. The average Bonchev–Trinajstić information content (AvgIpc) is 2.90. The third-order valence-electron chi connectivity index (χ3n) is 4.92. The molecule has 0 spiro atoms. The fourth-order valence-electron chi connectivity index (χ4n) is 3.09. The maximum Gasteiger partial charge on any atom is 0.267 e. The first-order chi connectivity index (χ1) is 13.7. The molecule has 29 heavy (non-hydrogen) atoms. The highest BCUT2D eigenvalue weighted by Crippen LogP contribution is 2.25. The summed E-state index contributed by atoms with van der Waals surface area (Å²) in [5.41, 5.74) is 5.23. The van der Waals surface area contributed by atoms with Crippen LogP contribution in [0.5, 0.6) is 5.75 Å². The first-order valence-corrected chi connectivity index (χ1v) is 10.9. The average molecular weight is 426 g/mol. The molecular weight excluding hydrogens is 398 g/mol. The molecule has 1 aromatic rings. The second-order valence-electron chi connectivity index (χ2n) is 7.01. The van der Waals surface area contributed by atoms with Gasteiger partial charge in [0.25, 0.3) is 10.0 Å². The summed E-state index contributed by atoms with van der Waals surface area (Å²) < 4.78 is 32.4. The molecule has 0 radical (unpaired) electrons. The molecule has 160 valence electrons. The van der Waals surface area contributed by atoms with E-state index in [2.05, 4.69) is 5.32 Å². The minimum absolute atomic E-state index is 0.00965. The van der Waals surface area contributed by atoms with Gasteiger partial charge in [-0.25, -0.2) is 12.7 Å². The number of amides is 2. The number of carbonyl (C=O) groups is 3. The zero-order valence-electron chi connectivity index (χ0n) is 16.6. The number of nitrogens with two attached hydrogens (primary N) is 1. The number of rotatable bonds is 8. The third-order valence-corrected chi connectivity index (χ3v) is 6.77. The molecule has 1 aliphatic rings. The summed E-state index contributed by atoms with van der Waals surface area (Å²) in [6.45, 7) is 2.12. The highest BCUT2D eigenvalue weighted by atomic mass is 32.2. The predicted molar refractivity (Wildman–Crippen MR) is 106 cm³/mol. The Hall–Kier alpha value is -2.46. The first-order valence-electron chi connectivity index (χ1n) is 9.42. The van der Waals surface area contributed by atoms with E-state index in [1.165, 1.54) is 31.4 Å². The van der Waals surface area contributed by atoms with Crippen molar-refractivity contribution in [1.29, 1.82) is 0 Å². The second kappa shape index (κ2) is 9.84. The highest BCUT2D eigenvalue weighted by Gasteiger charge is 2.39. The van der Waals surface area contributed by atoms with Gasteiger partial charge < -0.3 is 15.8 Å². The van der Waals surface area contributed by atoms with Crippen molar-refractivity contribution in [3.05, 3.63) is 24.3 Å². The molecule has 1 unspecified atom stereocenters. The van der Waals surface area contributed by atoms with E-state index in [1.54, 1.807) is 6.92 Å². The molecule has 2 amide bonds. The van der Waals surface area contributed by atoms with Gasteiger partial charge in [-0.3, -0.25) is 14.4 Å². The van der Waals surface area contributed by atoms with Gasteiger partial charge in [0.15, 0.2) is 5.78 Å². The van der Waals surface area contributed by atoms with Crippen molar-refractivity contribution in [2.45, 2.75) is 43.5 Å². The van der Waals surface area contributed by atoms with Crippen LogP contribution in [0, 0.1) is 5.92 Å². The molecule has 10 heteroatoms. The van der Waals surface area contributed by atoms with Crippen LogP contribution in [0.3, 0.4) is 0 Å². The lowest BCUT2D eigenvalue weighted by atomic mass is 10.0. The SMILES string of the molecule is COc1ccc(S(=O)(=O)N(C(=O)CCC(C)C(N)=O)[C@H]2CCCNCC2=O)cc1. The summed E-state index contributed by atoms with van der Waals surface area (Å²) >= 11 is 0. The van der Waals surface area contributed by atoms with E-state index < -0.39 is 33.8 Å². The number of primary amides is 1. The number of ether oxygens (including phenoxy) is 1. The Balaban J connectivity index is 2.40. The molecular formula is C19H27N3O6S.